The summed E-state index contributed by atoms with van der Waals surface area (Å²) in [5, 5.41) is 6.50. The van der Waals surface area contributed by atoms with Crippen LogP contribution in [0.3, 0.4) is 0 Å². The minimum Gasteiger partial charge on any atom is -0.448 e. The normalized spacial score (nSPS) is 11.5. The number of anilines is 1. The summed E-state index contributed by atoms with van der Waals surface area (Å²) in [4.78, 5) is 47.0. The first-order chi connectivity index (χ1) is 12.8. The highest BCUT2D eigenvalue weighted by Gasteiger charge is 2.20. The maximum atomic E-state index is 12.2. The molecule has 3 N–H and O–H groups in total. The first kappa shape index (κ1) is 19.8. The minimum atomic E-state index is -1.10. The number of hydrogen-bond acceptors (Lipinski definition) is 6. The molecule has 1 atom stereocenters. The van der Waals surface area contributed by atoms with Crippen molar-refractivity contribution in [2.45, 2.75) is 32.9 Å². The van der Waals surface area contributed by atoms with Gasteiger partial charge in [-0.05, 0) is 43.7 Å². The molecule has 1 aromatic carbocycles. The number of carbonyl (C=O) groups excluding carboxylic acids is 3. The molecule has 2 amide bonds. The van der Waals surface area contributed by atoms with E-state index in [0.717, 1.165) is 0 Å². The quantitative estimate of drug-likeness (QED) is 0.695. The van der Waals surface area contributed by atoms with Crippen LogP contribution >= 0.6 is 0 Å². The number of aromatic nitrogens is 2. The second-order valence-corrected chi connectivity index (χ2v) is 5.76. The second-order valence-electron chi connectivity index (χ2n) is 5.76. The lowest BCUT2D eigenvalue weighted by molar-refractivity contribution is -0.123. The van der Waals surface area contributed by atoms with E-state index in [0.29, 0.717) is 24.2 Å². The van der Waals surface area contributed by atoms with Crippen molar-refractivity contribution in [1.82, 2.24) is 9.78 Å². The summed E-state index contributed by atoms with van der Waals surface area (Å²) in [5.74, 6) is -1.95. The van der Waals surface area contributed by atoms with Gasteiger partial charge in [0.05, 0.1) is 0 Å². The number of aryl methyl sites for hydroxylation is 1. The Morgan fingerprint density at radius 1 is 1.19 bits per heavy atom. The lowest BCUT2D eigenvalue weighted by atomic mass is 10.2. The van der Waals surface area contributed by atoms with Gasteiger partial charge < -0.3 is 15.8 Å². The Hall–Kier alpha value is -3.49. The van der Waals surface area contributed by atoms with Gasteiger partial charge in [0.25, 0.3) is 11.5 Å². The highest BCUT2D eigenvalue weighted by Crippen LogP contribution is 2.10. The van der Waals surface area contributed by atoms with Crippen molar-refractivity contribution in [3.63, 3.8) is 0 Å². The molecule has 0 fully saturated rings. The van der Waals surface area contributed by atoms with Crippen molar-refractivity contribution in [3.8, 4) is 0 Å². The third-order valence-electron chi connectivity index (χ3n) is 3.60. The highest BCUT2D eigenvalue weighted by molar-refractivity contribution is 5.97. The summed E-state index contributed by atoms with van der Waals surface area (Å²) in [5.41, 5.74) is 5.49. The van der Waals surface area contributed by atoms with Gasteiger partial charge in [0, 0.05) is 23.9 Å². The first-order valence-electron chi connectivity index (χ1n) is 8.31. The van der Waals surface area contributed by atoms with Crippen LogP contribution in [-0.2, 0) is 16.1 Å². The van der Waals surface area contributed by atoms with Gasteiger partial charge in [-0.2, -0.15) is 5.10 Å². The van der Waals surface area contributed by atoms with Gasteiger partial charge >= 0.3 is 5.97 Å². The topological polar surface area (TPSA) is 133 Å². The molecule has 2 aromatic rings. The van der Waals surface area contributed by atoms with Crippen molar-refractivity contribution >= 4 is 23.5 Å². The lowest BCUT2D eigenvalue weighted by Crippen LogP contribution is -2.31. The molecule has 0 aliphatic rings. The summed E-state index contributed by atoms with van der Waals surface area (Å²) in [7, 11) is 0. The number of nitrogens with zero attached hydrogens (tertiary/aromatic N) is 2. The number of esters is 1. The summed E-state index contributed by atoms with van der Waals surface area (Å²) < 4.78 is 6.27. The fourth-order valence-electron chi connectivity index (χ4n) is 2.17. The van der Waals surface area contributed by atoms with Crippen molar-refractivity contribution in [1.29, 1.82) is 0 Å². The fraction of sp³-hybridized carbons (Fsp3) is 0.278. The molecule has 1 aromatic heterocycles. The highest BCUT2D eigenvalue weighted by atomic mass is 16.5. The van der Waals surface area contributed by atoms with Crippen LogP contribution in [0.5, 0.6) is 0 Å². The van der Waals surface area contributed by atoms with E-state index in [1.54, 1.807) is 0 Å². The number of carbonyl (C=O) groups is 3. The predicted molar refractivity (Wildman–Crippen MR) is 97.3 cm³/mol. The fourth-order valence-corrected chi connectivity index (χ4v) is 2.17. The molecule has 0 aliphatic carbocycles. The SMILES string of the molecule is CCCn1nc(C(=O)OC(C)C(=O)Nc2ccc(C(N)=O)cc2)ccc1=O. The smallest absolute Gasteiger partial charge is 0.359 e. The van der Waals surface area contributed by atoms with E-state index in [9.17, 15) is 19.2 Å². The van der Waals surface area contributed by atoms with Crippen LogP contribution in [0.15, 0.2) is 41.2 Å². The number of nitrogens with two attached hydrogens (primary N) is 1. The van der Waals surface area contributed by atoms with Gasteiger partial charge in [-0.15, -0.1) is 0 Å². The molecule has 0 aliphatic heterocycles. The summed E-state index contributed by atoms with van der Waals surface area (Å²) in [6.07, 6.45) is -0.416. The molecule has 0 saturated heterocycles. The summed E-state index contributed by atoms with van der Waals surface area (Å²) in [6.45, 7) is 3.66. The number of rotatable bonds is 7. The standard InChI is InChI=1S/C18H20N4O5/c1-3-10-22-15(23)9-8-14(21-22)18(26)27-11(2)17(25)20-13-6-4-12(5-7-13)16(19)24/h4-9,11H,3,10H2,1-2H3,(H2,19,24)(H,20,25). The Morgan fingerprint density at radius 2 is 1.85 bits per heavy atom. The van der Waals surface area contributed by atoms with E-state index in [1.807, 2.05) is 6.92 Å². The van der Waals surface area contributed by atoms with Crippen LogP contribution in [0.25, 0.3) is 0 Å². The average molecular weight is 372 g/mol. The third-order valence-corrected chi connectivity index (χ3v) is 3.60. The van der Waals surface area contributed by atoms with Crippen molar-refractivity contribution in [2.24, 2.45) is 5.73 Å². The number of hydrogen-bond donors (Lipinski definition) is 2. The van der Waals surface area contributed by atoms with E-state index < -0.39 is 23.9 Å². The third kappa shape index (κ3) is 5.24. The zero-order chi connectivity index (χ0) is 20.0. The number of nitrogens with one attached hydrogen (secondary N) is 1. The van der Waals surface area contributed by atoms with Crippen LogP contribution in [0.4, 0.5) is 5.69 Å². The largest absolute Gasteiger partial charge is 0.448 e. The van der Waals surface area contributed by atoms with Gasteiger partial charge in [-0.1, -0.05) is 6.92 Å². The van der Waals surface area contributed by atoms with E-state index in [-0.39, 0.29) is 11.3 Å². The van der Waals surface area contributed by atoms with Crippen LogP contribution in [0.2, 0.25) is 0 Å². The van der Waals surface area contributed by atoms with Crippen LogP contribution < -0.4 is 16.6 Å². The van der Waals surface area contributed by atoms with E-state index in [2.05, 4.69) is 10.4 Å². The Balaban J connectivity index is 2.01. The Kier molecular flexibility index (Phi) is 6.42. The lowest BCUT2D eigenvalue weighted by Gasteiger charge is -2.14. The van der Waals surface area contributed by atoms with Gasteiger partial charge in [0.2, 0.25) is 5.91 Å². The number of benzene rings is 1. The molecule has 142 valence electrons. The predicted octanol–water partition coefficient (Wildman–Crippen LogP) is 0.936. The van der Waals surface area contributed by atoms with Crippen LogP contribution in [-0.4, -0.2) is 33.7 Å². The van der Waals surface area contributed by atoms with E-state index in [4.69, 9.17) is 10.5 Å². The molecular weight excluding hydrogens is 352 g/mol. The average Bonchev–Trinajstić information content (AvgIpc) is 2.64. The van der Waals surface area contributed by atoms with Crippen LogP contribution in [0, 0.1) is 0 Å². The second kappa shape index (κ2) is 8.75. The molecule has 9 heteroatoms. The Morgan fingerprint density at radius 3 is 2.44 bits per heavy atom. The van der Waals surface area contributed by atoms with Gasteiger partial charge in [0.1, 0.15) is 0 Å². The molecule has 1 heterocycles. The summed E-state index contributed by atoms with van der Waals surface area (Å²) >= 11 is 0. The zero-order valence-corrected chi connectivity index (χ0v) is 15.0. The maximum absolute atomic E-state index is 12.2. The summed E-state index contributed by atoms with van der Waals surface area (Å²) in [6, 6.07) is 8.43. The van der Waals surface area contributed by atoms with E-state index >= 15 is 0 Å². The monoisotopic (exact) mass is 372 g/mol. The van der Waals surface area contributed by atoms with Crippen molar-refractivity contribution < 1.29 is 19.1 Å². The Bertz CT molecular complexity index is 905. The molecule has 0 radical (unpaired) electrons. The van der Waals surface area contributed by atoms with Gasteiger partial charge in [-0.3, -0.25) is 14.4 Å². The molecular formula is C18H20N4O5. The van der Waals surface area contributed by atoms with E-state index in [1.165, 1.54) is 48.0 Å². The zero-order valence-electron chi connectivity index (χ0n) is 15.0. The molecule has 9 nitrogen and oxygen atoms in total. The first-order valence-corrected chi connectivity index (χ1v) is 8.31. The number of ether oxygens (including phenoxy) is 1. The number of primary amides is 1. The van der Waals surface area contributed by atoms with Crippen molar-refractivity contribution in [2.75, 3.05) is 5.32 Å². The minimum absolute atomic E-state index is 0.0616. The Labute approximate surface area is 155 Å². The molecule has 27 heavy (non-hydrogen) atoms. The molecule has 0 bridgehead atoms. The molecule has 0 spiro atoms. The van der Waals surface area contributed by atoms with Crippen molar-refractivity contribution in [3.05, 3.63) is 58.0 Å². The van der Waals surface area contributed by atoms with Gasteiger partial charge in [-0.25, -0.2) is 9.48 Å². The van der Waals surface area contributed by atoms with Crippen LogP contribution in [0.1, 0.15) is 41.1 Å². The van der Waals surface area contributed by atoms with Gasteiger partial charge in [0.15, 0.2) is 11.8 Å². The molecule has 2 rings (SSSR count). The number of amides is 2. The molecule has 0 saturated carbocycles. The maximum Gasteiger partial charge on any atom is 0.359 e. The molecule has 1 unspecified atom stereocenters.